The number of rotatable bonds is 4. The van der Waals surface area contributed by atoms with Gasteiger partial charge in [-0.3, -0.25) is 19.3 Å². The summed E-state index contributed by atoms with van der Waals surface area (Å²) in [5.41, 5.74) is 5.47. The number of nitrogens with one attached hydrogen (secondary N) is 1. The van der Waals surface area contributed by atoms with E-state index in [0.717, 1.165) is 22.4 Å². The van der Waals surface area contributed by atoms with Crippen LogP contribution in [0.2, 0.25) is 0 Å². The molecule has 38 heavy (non-hydrogen) atoms. The highest BCUT2D eigenvalue weighted by Crippen LogP contribution is 2.32. The molecular formula is C32H27N3O3. The van der Waals surface area contributed by atoms with Gasteiger partial charge < -0.3 is 10.2 Å². The number of fused-ring (bicyclic) bond motifs is 2. The smallest absolute Gasteiger partial charge is 0.258 e. The van der Waals surface area contributed by atoms with Crippen LogP contribution in [0.25, 0.3) is 11.1 Å². The van der Waals surface area contributed by atoms with Crippen molar-refractivity contribution in [1.29, 1.82) is 0 Å². The van der Waals surface area contributed by atoms with Gasteiger partial charge in [-0.25, -0.2) is 0 Å². The maximum atomic E-state index is 13.7. The molecule has 0 radical (unpaired) electrons. The van der Waals surface area contributed by atoms with Crippen LogP contribution in [-0.4, -0.2) is 41.6 Å². The average molecular weight is 502 g/mol. The number of carbonyl (C=O) groups excluding carboxylic acids is 3. The van der Waals surface area contributed by atoms with Crippen LogP contribution in [0.15, 0.2) is 103 Å². The Morgan fingerprint density at radius 2 is 1.47 bits per heavy atom. The maximum absolute atomic E-state index is 13.7. The number of nitrogens with zero attached hydrogens (tertiary/aromatic N) is 2. The van der Waals surface area contributed by atoms with Gasteiger partial charge in [-0.2, -0.15) is 0 Å². The molecule has 2 amide bonds. The number of hydrogen-bond acceptors (Lipinski definition) is 4. The van der Waals surface area contributed by atoms with E-state index < -0.39 is 0 Å². The van der Waals surface area contributed by atoms with Crippen molar-refractivity contribution in [2.24, 2.45) is 0 Å². The summed E-state index contributed by atoms with van der Waals surface area (Å²) in [6.07, 6.45) is 0.465. The van der Waals surface area contributed by atoms with Crippen molar-refractivity contribution in [3.63, 3.8) is 0 Å². The number of amides is 2. The number of para-hydroxylation sites is 1. The molecule has 0 bridgehead atoms. The Kier molecular flexibility index (Phi) is 6.32. The van der Waals surface area contributed by atoms with Gasteiger partial charge in [-0.05, 0) is 53.1 Å². The van der Waals surface area contributed by atoms with Crippen molar-refractivity contribution in [1.82, 2.24) is 4.90 Å². The SMILES string of the molecule is O=C1C[C@H]2CN(C(=O)c3ccc(NC(=O)c4ccccc4-c4ccccc4)cc3)c3ccccc3CN2C1. The van der Waals surface area contributed by atoms with Gasteiger partial charge in [-0.1, -0.05) is 66.7 Å². The normalized spacial score (nSPS) is 16.9. The number of carbonyl (C=O) groups is 3. The highest BCUT2D eigenvalue weighted by molar-refractivity contribution is 6.10. The first-order valence-electron chi connectivity index (χ1n) is 12.8. The van der Waals surface area contributed by atoms with Crippen LogP contribution in [0.1, 0.15) is 32.7 Å². The molecule has 2 aliphatic heterocycles. The van der Waals surface area contributed by atoms with Crippen LogP contribution >= 0.6 is 0 Å². The van der Waals surface area contributed by atoms with Crippen LogP contribution in [0.4, 0.5) is 11.4 Å². The molecular weight excluding hydrogens is 474 g/mol. The lowest BCUT2D eigenvalue weighted by Gasteiger charge is -2.26. The fraction of sp³-hybridized carbons (Fsp3) is 0.156. The topological polar surface area (TPSA) is 69.7 Å². The minimum atomic E-state index is -0.212. The average Bonchev–Trinajstić information content (AvgIpc) is 3.23. The van der Waals surface area contributed by atoms with Crippen LogP contribution in [0.3, 0.4) is 0 Å². The molecule has 4 aromatic carbocycles. The molecule has 2 aliphatic rings. The summed E-state index contributed by atoms with van der Waals surface area (Å²) in [5.74, 6) is -0.113. The summed E-state index contributed by atoms with van der Waals surface area (Å²) in [5, 5.41) is 2.97. The molecule has 0 aromatic heterocycles. The number of hydrogen-bond donors (Lipinski definition) is 1. The third kappa shape index (κ3) is 4.62. The minimum absolute atomic E-state index is 0.0158. The molecule has 0 aliphatic carbocycles. The van der Waals surface area contributed by atoms with Gasteiger partial charge >= 0.3 is 0 Å². The number of anilines is 2. The number of ketones is 1. The van der Waals surface area contributed by atoms with Crippen LogP contribution in [0, 0.1) is 0 Å². The summed E-state index contributed by atoms with van der Waals surface area (Å²) in [7, 11) is 0. The van der Waals surface area contributed by atoms with Crippen molar-refractivity contribution < 1.29 is 14.4 Å². The zero-order valence-electron chi connectivity index (χ0n) is 20.8. The highest BCUT2D eigenvalue weighted by atomic mass is 16.2. The number of benzene rings is 4. The maximum Gasteiger partial charge on any atom is 0.258 e. The molecule has 4 aromatic rings. The lowest BCUT2D eigenvalue weighted by Crippen LogP contribution is -2.40. The van der Waals surface area contributed by atoms with Crippen LogP contribution in [-0.2, 0) is 11.3 Å². The van der Waals surface area contributed by atoms with Crippen molar-refractivity contribution in [2.45, 2.75) is 19.0 Å². The van der Waals surface area contributed by atoms with Crippen molar-refractivity contribution in [3.05, 3.63) is 120 Å². The largest absolute Gasteiger partial charge is 0.322 e. The van der Waals surface area contributed by atoms with E-state index in [4.69, 9.17) is 0 Å². The Balaban J connectivity index is 1.22. The monoisotopic (exact) mass is 501 g/mol. The summed E-state index contributed by atoms with van der Waals surface area (Å²) < 4.78 is 0. The standard InChI is InChI=1S/C32H27N3O3/c36-27-18-26-20-35(30-13-7-4-10-24(30)19-34(26)21-27)32(38)23-14-16-25(17-15-23)33-31(37)29-12-6-5-11-28(29)22-8-2-1-3-9-22/h1-17,26H,18-21H2,(H,33,37)/t26-/m0/s1. The molecule has 2 heterocycles. The molecule has 0 unspecified atom stereocenters. The van der Waals surface area contributed by atoms with Crippen LogP contribution in [0.5, 0.6) is 0 Å². The Bertz CT molecular complexity index is 1510. The summed E-state index contributed by atoms with van der Waals surface area (Å²) in [4.78, 5) is 42.9. The van der Waals surface area contributed by atoms with Crippen molar-refractivity contribution in [3.8, 4) is 11.1 Å². The second-order valence-electron chi connectivity index (χ2n) is 9.79. The van der Waals surface area contributed by atoms with E-state index >= 15 is 0 Å². The molecule has 6 heteroatoms. The first-order chi connectivity index (χ1) is 18.6. The molecule has 1 fully saturated rings. The van der Waals surface area contributed by atoms with Crippen molar-refractivity contribution in [2.75, 3.05) is 23.3 Å². The molecule has 0 saturated carbocycles. The predicted octanol–water partition coefficient (Wildman–Crippen LogP) is 5.41. The van der Waals surface area contributed by atoms with E-state index in [1.54, 1.807) is 29.2 Å². The molecule has 1 saturated heterocycles. The van der Waals surface area contributed by atoms with E-state index in [1.807, 2.05) is 78.9 Å². The fourth-order valence-electron chi connectivity index (χ4n) is 5.41. The highest BCUT2D eigenvalue weighted by Gasteiger charge is 2.37. The third-order valence-corrected chi connectivity index (χ3v) is 7.30. The van der Waals surface area contributed by atoms with Gasteiger partial charge in [0.05, 0.1) is 6.54 Å². The van der Waals surface area contributed by atoms with Crippen molar-refractivity contribution >= 4 is 29.0 Å². The van der Waals surface area contributed by atoms with Gasteiger partial charge in [0.25, 0.3) is 11.8 Å². The van der Waals surface area contributed by atoms with Gasteiger partial charge in [0.15, 0.2) is 0 Å². The lowest BCUT2D eigenvalue weighted by atomic mass is 9.99. The summed E-state index contributed by atoms with van der Waals surface area (Å²) >= 11 is 0. The summed E-state index contributed by atoms with van der Waals surface area (Å²) in [6.45, 7) is 1.56. The van der Waals surface area contributed by atoms with Gasteiger partial charge in [0, 0.05) is 48.1 Å². The zero-order chi connectivity index (χ0) is 26.1. The Labute approximate surface area is 221 Å². The quantitative estimate of drug-likeness (QED) is 0.406. The fourth-order valence-corrected chi connectivity index (χ4v) is 5.41. The Morgan fingerprint density at radius 3 is 2.29 bits per heavy atom. The van der Waals surface area contributed by atoms with E-state index in [1.165, 1.54) is 0 Å². The Morgan fingerprint density at radius 1 is 0.763 bits per heavy atom. The molecule has 0 spiro atoms. The minimum Gasteiger partial charge on any atom is -0.322 e. The first kappa shape index (κ1) is 23.8. The first-order valence-corrected chi connectivity index (χ1v) is 12.8. The second-order valence-corrected chi connectivity index (χ2v) is 9.79. The molecule has 188 valence electrons. The molecule has 6 rings (SSSR count). The summed E-state index contributed by atoms with van der Waals surface area (Å²) in [6, 6.07) is 32.2. The van der Waals surface area contributed by atoms with Gasteiger partial charge in [0.1, 0.15) is 5.78 Å². The molecule has 1 N–H and O–H groups in total. The Hall–Kier alpha value is -4.55. The zero-order valence-corrected chi connectivity index (χ0v) is 20.8. The third-order valence-electron chi connectivity index (χ3n) is 7.30. The predicted molar refractivity (Wildman–Crippen MR) is 148 cm³/mol. The number of Topliss-reactive ketones (excluding diaryl/α,β-unsaturated/α-hetero) is 1. The molecule has 1 atom stereocenters. The molecule has 6 nitrogen and oxygen atoms in total. The van der Waals surface area contributed by atoms with Crippen LogP contribution < -0.4 is 10.2 Å². The van der Waals surface area contributed by atoms with E-state index in [2.05, 4.69) is 10.2 Å². The van der Waals surface area contributed by atoms with E-state index in [0.29, 0.717) is 42.9 Å². The van der Waals surface area contributed by atoms with E-state index in [9.17, 15) is 14.4 Å². The second kappa shape index (κ2) is 10.1. The van der Waals surface area contributed by atoms with Gasteiger partial charge in [-0.15, -0.1) is 0 Å². The lowest BCUT2D eigenvalue weighted by molar-refractivity contribution is -0.117. The van der Waals surface area contributed by atoms with Gasteiger partial charge in [0.2, 0.25) is 0 Å². The van der Waals surface area contributed by atoms with E-state index in [-0.39, 0.29) is 23.6 Å².